The van der Waals surface area contributed by atoms with Gasteiger partial charge in [0.2, 0.25) is 0 Å². The third-order valence-corrected chi connectivity index (χ3v) is 3.96. The van der Waals surface area contributed by atoms with Gasteiger partial charge < -0.3 is 10.0 Å². The highest BCUT2D eigenvalue weighted by molar-refractivity contribution is 5.93. The van der Waals surface area contributed by atoms with Gasteiger partial charge in [0.1, 0.15) is 5.56 Å². The number of nitro groups is 1. The van der Waals surface area contributed by atoms with E-state index in [0.29, 0.717) is 6.07 Å². The number of rotatable bonds is 3. The summed E-state index contributed by atoms with van der Waals surface area (Å²) in [5.41, 5.74) is -1.08. The first-order valence-corrected chi connectivity index (χ1v) is 6.82. The molecule has 2 atom stereocenters. The SMILES string of the molecule is C[C@@H]1CCC[C@H](C)N1c1cc(C(=O)O)c([N+](=O)[O-])cc1F. The maximum absolute atomic E-state index is 14.2. The Morgan fingerprint density at radius 2 is 1.95 bits per heavy atom. The molecule has 0 radical (unpaired) electrons. The van der Waals surface area contributed by atoms with Crippen LogP contribution >= 0.6 is 0 Å². The highest BCUT2D eigenvalue weighted by Crippen LogP contribution is 2.34. The van der Waals surface area contributed by atoms with Crippen LogP contribution in [0.25, 0.3) is 0 Å². The minimum absolute atomic E-state index is 0.0614. The zero-order valence-electron chi connectivity index (χ0n) is 11.9. The predicted octanol–water partition coefficient (Wildman–Crippen LogP) is 3.20. The van der Waals surface area contributed by atoms with Gasteiger partial charge in [0.05, 0.1) is 16.7 Å². The Bertz CT molecular complexity index is 581. The number of aromatic carboxylic acids is 1. The van der Waals surface area contributed by atoms with Crippen LogP contribution in [-0.2, 0) is 0 Å². The van der Waals surface area contributed by atoms with Gasteiger partial charge >= 0.3 is 5.97 Å². The van der Waals surface area contributed by atoms with E-state index in [4.69, 9.17) is 5.11 Å². The lowest BCUT2D eigenvalue weighted by Gasteiger charge is -2.41. The van der Waals surface area contributed by atoms with Crippen molar-refractivity contribution in [2.45, 2.75) is 45.2 Å². The molecule has 0 saturated carbocycles. The van der Waals surface area contributed by atoms with E-state index in [1.54, 1.807) is 0 Å². The Morgan fingerprint density at radius 1 is 1.38 bits per heavy atom. The van der Waals surface area contributed by atoms with E-state index in [1.807, 2.05) is 18.7 Å². The molecule has 6 nitrogen and oxygen atoms in total. The van der Waals surface area contributed by atoms with Gasteiger partial charge in [-0.3, -0.25) is 10.1 Å². The fraction of sp³-hybridized carbons (Fsp3) is 0.500. The van der Waals surface area contributed by atoms with Crippen molar-refractivity contribution in [3.63, 3.8) is 0 Å². The molecular weight excluding hydrogens is 279 g/mol. The lowest BCUT2D eigenvalue weighted by atomic mass is 9.96. The molecule has 0 unspecified atom stereocenters. The van der Waals surface area contributed by atoms with Crippen molar-refractivity contribution in [2.24, 2.45) is 0 Å². The summed E-state index contributed by atoms with van der Waals surface area (Å²) in [4.78, 5) is 23.0. The van der Waals surface area contributed by atoms with Crippen LogP contribution in [-0.4, -0.2) is 28.1 Å². The van der Waals surface area contributed by atoms with E-state index in [9.17, 15) is 19.3 Å². The lowest BCUT2D eigenvalue weighted by Crippen LogP contribution is -2.44. The first kappa shape index (κ1) is 15.2. The van der Waals surface area contributed by atoms with Gasteiger partial charge in [-0.2, -0.15) is 0 Å². The summed E-state index contributed by atoms with van der Waals surface area (Å²) < 4.78 is 14.2. The number of nitrogens with zero attached hydrogens (tertiary/aromatic N) is 2. The summed E-state index contributed by atoms with van der Waals surface area (Å²) in [5, 5.41) is 20.0. The fourth-order valence-electron chi connectivity index (χ4n) is 2.97. The predicted molar refractivity (Wildman–Crippen MR) is 75.3 cm³/mol. The Balaban J connectivity index is 2.56. The minimum atomic E-state index is -1.43. The number of halogens is 1. The normalized spacial score (nSPS) is 22.1. The molecule has 7 heteroatoms. The van der Waals surface area contributed by atoms with Crippen LogP contribution in [0.3, 0.4) is 0 Å². The molecule has 1 fully saturated rings. The Hall–Kier alpha value is -2.18. The van der Waals surface area contributed by atoms with Gasteiger partial charge in [0.15, 0.2) is 5.82 Å². The number of carboxylic acids is 1. The Labute approximate surface area is 121 Å². The summed E-state index contributed by atoms with van der Waals surface area (Å²) >= 11 is 0. The molecule has 1 heterocycles. The number of piperidine rings is 1. The van der Waals surface area contributed by atoms with E-state index in [2.05, 4.69) is 0 Å². The quantitative estimate of drug-likeness (QED) is 0.684. The molecule has 0 aliphatic carbocycles. The van der Waals surface area contributed by atoms with Gasteiger partial charge in [-0.1, -0.05) is 0 Å². The number of carbonyl (C=O) groups is 1. The largest absolute Gasteiger partial charge is 0.477 e. The summed E-state index contributed by atoms with van der Waals surface area (Å²) in [6.07, 6.45) is 2.78. The second kappa shape index (κ2) is 5.67. The first-order valence-electron chi connectivity index (χ1n) is 6.82. The number of anilines is 1. The minimum Gasteiger partial charge on any atom is -0.477 e. The van der Waals surface area contributed by atoms with Crippen LogP contribution < -0.4 is 4.90 Å². The summed E-state index contributed by atoms with van der Waals surface area (Å²) in [6.45, 7) is 3.88. The number of carboxylic acid groups (broad SMARTS) is 1. The average Bonchev–Trinajstić information content (AvgIpc) is 2.39. The van der Waals surface area contributed by atoms with Crippen LogP contribution in [0.1, 0.15) is 43.5 Å². The van der Waals surface area contributed by atoms with Gasteiger partial charge in [0.25, 0.3) is 5.69 Å². The molecule has 21 heavy (non-hydrogen) atoms. The van der Waals surface area contributed by atoms with E-state index in [-0.39, 0.29) is 17.8 Å². The van der Waals surface area contributed by atoms with Crippen LogP contribution in [0.4, 0.5) is 15.8 Å². The lowest BCUT2D eigenvalue weighted by molar-refractivity contribution is -0.385. The van der Waals surface area contributed by atoms with Gasteiger partial charge in [-0.05, 0) is 39.2 Å². The smallest absolute Gasteiger partial charge is 0.342 e. The van der Waals surface area contributed by atoms with Crippen molar-refractivity contribution >= 4 is 17.3 Å². The zero-order valence-corrected chi connectivity index (χ0v) is 11.9. The fourth-order valence-corrected chi connectivity index (χ4v) is 2.97. The standard InChI is InChI=1S/C14H17FN2O4/c1-8-4-3-5-9(2)16(8)13-6-10(14(18)19)12(17(20)21)7-11(13)15/h6-9H,3-5H2,1-2H3,(H,18,19)/t8-,9+. The van der Waals surface area contributed by atoms with Crippen molar-refractivity contribution in [3.05, 3.63) is 33.6 Å². The van der Waals surface area contributed by atoms with Crippen LogP contribution in [0.15, 0.2) is 12.1 Å². The van der Waals surface area contributed by atoms with Gasteiger partial charge in [-0.25, -0.2) is 9.18 Å². The van der Waals surface area contributed by atoms with E-state index >= 15 is 0 Å². The molecule has 0 bridgehead atoms. The molecule has 1 aliphatic heterocycles. The highest BCUT2D eigenvalue weighted by Gasteiger charge is 2.31. The molecule has 2 rings (SSSR count). The monoisotopic (exact) mass is 296 g/mol. The van der Waals surface area contributed by atoms with Crippen LogP contribution in [0, 0.1) is 15.9 Å². The van der Waals surface area contributed by atoms with E-state index in [0.717, 1.165) is 25.3 Å². The third-order valence-electron chi connectivity index (χ3n) is 3.96. The molecule has 0 amide bonds. The average molecular weight is 296 g/mol. The van der Waals surface area contributed by atoms with Crippen molar-refractivity contribution in [2.75, 3.05) is 4.90 Å². The van der Waals surface area contributed by atoms with Crippen LogP contribution in [0.2, 0.25) is 0 Å². The Kier molecular flexibility index (Phi) is 4.11. The van der Waals surface area contributed by atoms with Crippen molar-refractivity contribution < 1.29 is 19.2 Å². The number of hydrogen-bond acceptors (Lipinski definition) is 4. The maximum Gasteiger partial charge on any atom is 0.342 e. The van der Waals surface area contributed by atoms with E-state index < -0.39 is 28.0 Å². The molecular formula is C14H17FN2O4. The van der Waals surface area contributed by atoms with Crippen molar-refractivity contribution in [3.8, 4) is 0 Å². The summed E-state index contributed by atoms with van der Waals surface area (Å²) in [5.74, 6) is -2.19. The highest BCUT2D eigenvalue weighted by atomic mass is 19.1. The molecule has 0 aromatic heterocycles. The summed E-state index contributed by atoms with van der Waals surface area (Å²) in [7, 11) is 0. The van der Waals surface area contributed by atoms with Gasteiger partial charge in [-0.15, -0.1) is 0 Å². The van der Waals surface area contributed by atoms with Crippen LogP contribution in [0.5, 0.6) is 0 Å². The molecule has 1 aromatic carbocycles. The van der Waals surface area contributed by atoms with Crippen molar-refractivity contribution in [1.29, 1.82) is 0 Å². The third kappa shape index (κ3) is 2.81. The molecule has 1 saturated heterocycles. The van der Waals surface area contributed by atoms with Crippen molar-refractivity contribution in [1.82, 2.24) is 0 Å². The molecule has 0 spiro atoms. The first-order chi connectivity index (χ1) is 9.82. The summed E-state index contributed by atoms with van der Waals surface area (Å²) in [6, 6.07) is 1.90. The molecule has 114 valence electrons. The molecule has 1 aromatic rings. The van der Waals surface area contributed by atoms with E-state index in [1.165, 1.54) is 0 Å². The topological polar surface area (TPSA) is 83.7 Å². The maximum atomic E-state index is 14.2. The second-order valence-corrected chi connectivity index (χ2v) is 5.42. The zero-order chi connectivity index (χ0) is 15.7. The Morgan fingerprint density at radius 3 is 2.43 bits per heavy atom. The molecule has 1 N–H and O–H groups in total. The number of hydrogen-bond donors (Lipinski definition) is 1. The molecule has 1 aliphatic rings. The second-order valence-electron chi connectivity index (χ2n) is 5.42. The number of nitro benzene ring substituents is 1. The number of benzene rings is 1. The van der Waals surface area contributed by atoms with Gasteiger partial charge in [0, 0.05) is 12.1 Å².